The third-order valence-corrected chi connectivity index (χ3v) is 2.44. The highest BCUT2D eigenvalue weighted by atomic mass is 16.6. The second kappa shape index (κ2) is 6.61. The summed E-state index contributed by atoms with van der Waals surface area (Å²) in [6.07, 6.45) is 1.70. The number of ether oxygens (including phenoxy) is 1. The summed E-state index contributed by atoms with van der Waals surface area (Å²) in [7, 11) is 1.38. The van der Waals surface area contributed by atoms with Gasteiger partial charge in [0.05, 0.1) is 18.6 Å². The number of anilines is 1. The first-order valence-electron chi connectivity index (χ1n) is 5.43. The van der Waals surface area contributed by atoms with Crippen LogP contribution >= 0.6 is 0 Å². The van der Waals surface area contributed by atoms with Crippen molar-refractivity contribution in [2.24, 2.45) is 0 Å². The first kappa shape index (κ1) is 14.0. The molecule has 0 amide bonds. The molecule has 0 radical (unpaired) electrons. The maximum absolute atomic E-state index is 10.8. The average molecular weight is 252 g/mol. The molecule has 0 heterocycles. The van der Waals surface area contributed by atoms with Gasteiger partial charge in [-0.1, -0.05) is 6.08 Å². The zero-order valence-corrected chi connectivity index (χ0v) is 10.2. The lowest BCUT2D eigenvalue weighted by molar-refractivity contribution is -0.385. The normalized spacial score (nSPS) is 9.89. The van der Waals surface area contributed by atoms with Crippen LogP contribution in [0, 0.1) is 10.1 Å². The fourth-order valence-corrected chi connectivity index (χ4v) is 1.62. The molecular formula is C12H16N2O4. The number of rotatable bonds is 7. The Morgan fingerprint density at radius 1 is 1.61 bits per heavy atom. The topological polar surface area (TPSA) is 75.8 Å². The molecule has 0 aliphatic rings. The minimum atomic E-state index is -0.494. The van der Waals surface area contributed by atoms with Crippen LogP contribution in [0.4, 0.5) is 11.4 Å². The largest absolute Gasteiger partial charge is 0.490 e. The molecule has 98 valence electrons. The molecule has 1 aromatic carbocycles. The molecule has 0 saturated heterocycles. The lowest BCUT2D eigenvalue weighted by atomic mass is 10.2. The van der Waals surface area contributed by atoms with E-state index in [1.165, 1.54) is 13.2 Å². The lowest BCUT2D eigenvalue weighted by Gasteiger charge is -2.22. The summed E-state index contributed by atoms with van der Waals surface area (Å²) in [6, 6.07) is 4.60. The van der Waals surface area contributed by atoms with Crippen molar-refractivity contribution < 1.29 is 14.8 Å². The second-order valence-electron chi connectivity index (χ2n) is 3.57. The predicted molar refractivity (Wildman–Crippen MR) is 69.1 cm³/mol. The van der Waals surface area contributed by atoms with Crippen LogP contribution in [-0.2, 0) is 0 Å². The van der Waals surface area contributed by atoms with Crippen molar-refractivity contribution >= 4 is 11.4 Å². The highest BCUT2D eigenvalue weighted by Crippen LogP contribution is 2.31. The van der Waals surface area contributed by atoms with Crippen molar-refractivity contribution in [2.45, 2.75) is 0 Å². The summed E-state index contributed by atoms with van der Waals surface area (Å²) in [4.78, 5) is 12.1. The number of nitrogens with zero attached hydrogens (tertiary/aromatic N) is 2. The first-order valence-corrected chi connectivity index (χ1v) is 5.43. The van der Waals surface area contributed by atoms with Gasteiger partial charge in [-0.3, -0.25) is 10.1 Å². The molecule has 6 heteroatoms. The summed E-state index contributed by atoms with van der Waals surface area (Å²) in [5, 5.41) is 19.7. The molecule has 1 aromatic rings. The molecule has 0 unspecified atom stereocenters. The van der Waals surface area contributed by atoms with Gasteiger partial charge >= 0.3 is 5.69 Å². The van der Waals surface area contributed by atoms with Gasteiger partial charge in [-0.15, -0.1) is 6.58 Å². The Labute approximate surface area is 105 Å². The first-order chi connectivity index (χ1) is 8.63. The molecular weight excluding hydrogens is 236 g/mol. The van der Waals surface area contributed by atoms with E-state index < -0.39 is 4.92 Å². The van der Waals surface area contributed by atoms with Crippen molar-refractivity contribution in [3.63, 3.8) is 0 Å². The fraction of sp³-hybridized carbons (Fsp3) is 0.333. The van der Waals surface area contributed by atoms with Crippen molar-refractivity contribution in [1.29, 1.82) is 0 Å². The zero-order valence-electron chi connectivity index (χ0n) is 10.2. The molecule has 6 nitrogen and oxygen atoms in total. The third kappa shape index (κ3) is 3.21. The summed E-state index contributed by atoms with van der Waals surface area (Å²) < 4.78 is 5.00. The smallest absolute Gasteiger partial charge is 0.311 e. The van der Waals surface area contributed by atoms with Crippen LogP contribution in [0.2, 0.25) is 0 Å². The van der Waals surface area contributed by atoms with Gasteiger partial charge in [-0.2, -0.15) is 0 Å². The molecule has 0 atom stereocenters. The van der Waals surface area contributed by atoms with Crippen LogP contribution in [-0.4, -0.2) is 36.8 Å². The van der Waals surface area contributed by atoms with E-state index in [2.05, 4.69) is 6.58 Å². The minimum absolute atomic E-state index is 0.00680. The Hall–Kier alpha value is -2.08. The van der Waals surface area contributed by atoms with Crippen LogP contribution in [0.15, 0.2) is 30.9 Å². The van der Waals surface area contributed by atoms with E-state index in [0.717, 1.165) is 5.69 Å². The maximum Gasteiger partial charge on any atom is 0.311 e. The Kier molecular flexibility index (Phi) is 5.13. The van der Waals surface area contributed by atoms with Gasteiger partial charge in [0.25, 0.3) is 0 Å². The van der Waals surface area contributed by atoms with Crippen molar-refractivity contribution in [3.8, 4) is 5.75 Å². The molecule has 0 spiro atoms. The van der Waals surface area contributed by atoms with Crippen LogP contribution in [0.5, 0.6) is 5.75 Å². The predicted octanol–water partition coefficient (Wildman–Crippen LogP) is 1.59. The Morgan fingerprint density at radius 3 is 2.83 bits per heavy atom. The number of aliphatic hydroxyl groups excluding tert-OH is 1. The molecule has 18 heavy (non-hydrogen) atoms. The molecule has 0 saturated carbocycles. The van der Waals surface area contributed by atoms with E-state index in [1.807, 2.05) is 4.90 Å². The highest BCUT2D eigenvalue weighted by Gasteiger charge is 2.16. The van der Waals surface area contributed by atoms with Crippen molar-refractivity contribution in [2.75, 3.05) is 31.7 Å². The third-order valence-electron chi connectivity index (χ3n) is 2.44. The van der Waals surface area contributed by atoms with E-state index >= 15 is 0 Å². The van der Waals surface area contributed by atoms with Crippen LogP contribution in [0.3, 0.4) is 0 Å². The molecule has 0 aromatic heterocycles. The second-order valence-corrected chi connectivity index (χ2v) is 3.57. The van der Waals surface area contributed by atoms with Gasteiger partial charge in [0.2, 0.25) is 0 Å². The average Bonchev–Trinajstić information content (AvgIpc) is 2.37. The summed E-state index contributed by atoms with van der Waals surface area (Å²) in [5.74, 6) is 0.199. The molecule has 0 aliphatic heterocycles. The summed E-state index contributed by atoms with van der Waals surface area (Å²) in [5.41, 5.74) is 0.662. The highest BCUT2D eigenvalue weighted by molar-refractivity contribution is 5.59. The van der Waals surface area contributed by atoms with Gasteiger partial charge in [-0.05, 0) is 6.07 Å². The molecule has 0 aliphatic carbocycles. The van der Waals surface area contributed by atoms with E-state index in [0.29, 0.717) is 13.1 Å². The lowest BCUT2D eigenvalue weighted by Crippen LogP contribution is -2.26. The minimum Gasteiger partial charge on any atom is -0.490 e. The van der Waals surface area contributed by atoms with Gasteiger partial charge in [0, 0.05) is 30.9 Å². The van der Waals surface area contributed by atoms with Crippen LogP contribution in [0.25, 0.3) is 0 Å². The van der Waals surface area contributed by atoms with E-state index in [1.54, 1.807) is 18.2 Å². The molecule has 0 fully saturated rings. The number of hydrogen-bond donors (Lipinski definition) is 1. The van der Waals surface area contributed by atoms with Gasteiger partial charge in [-0.25, -0.2) is 0 Å². The summed E-state index contributed by atoms with van der Waals surface area (Å²) in [6.45, 7) is 4.59. The number of nitro groups is 1. The molecule has 1 N–H and O–H groups in total. The van der Waals surface area contributed by atoms with Crippen molar-refractivity contribution in [1.82, 2.24) is 0 Å². The zero-order chi connectivity index (χ0) is 13.5. The SMILES string of the molecule is C=CCN(CCO)c1ccc([N+](=O)[O-])c(OC)c1. The number of nitro benzene ring substituents is 1. The van der Waals surface area contributed by atoms with Crippen LogP contribution in [0.1, 0.15) is 0 Å². The van der Waals surface area contributed by atoms with Gasteiger partial charge in [0.15, 0.2) is 5.75 Å². The van der Waals surface area contributed by atoms with E-state index in [4.69, 9.17) is 9.84 Å². The van der Waals surface area contributed by atoms with Gasteiger partial charge < -0.3 is 14.7 Å². The number of aliphatic hydroxyl groups is 1. The Morgan fingerprint density at radius 2 is 2.33 bits per heavy atom. The quantitative estimate of drug-likeness (QED) is 0.453. The molecule has 1 rings (SSSR count). The number of methoxy groups -OCH3 is 1. The standard InChI is InChI=1S/C12H16N2O4/c1-3-6-13(7-8-15)10-4-5-11(14(16)17)12(9-10)18-2/h3-5,9,15H,1,6-8H2,2H3. The van der Waals surface area contributed by atoms with E-state index in [9.17, 15) is 10.1 Å². The maximum atomic E-state index is 10.8. The van der Waals surface area contributed by atoms with Crippen molar-refractivity contribution in [3.05, 3.63) is 41.0 Å². The number of hydrogen-bond acceptors (Lipinski definition) is 5. The monoisotopic (exact) mass is 252 g/mol. The van der Waals surface area contributed by atoms with E-state index in [-0.39, 0.29) is 18.0 Å². The summed E-state index contributed by atoms with van der Waals surface area (Å²) >= 11 is 0. The van der Waals surface area contributed by atoms with Crippen LogP contribution < -0.4 is 9.64 Å². The Balaban J connectivity index is 3.09. The molecule has 0 bridgehead atoms. The van der Waals surface area contributed by atoms with Gasteiger partial charge in [0.1, 0.15) is 0 Å². The Bertz CT molecular complexity index is 434. The fourth-order valence-electron chi connectivity index (χ4n) is 1.62. The number of benzene rings is 1.